The van der Waals surface area contributed by atoms with Gasteiger partial charge >= 0.3 is 0 Å². The molecule has 90 valence electrons. The average Bonchev–Trinajstić information content (AvgIpc) is 2.19. The zero-order valence-corrected chi connectivity index (χ0v) is 9.89. The molecule has 0 heterocycles. The van der Waals surface area contributed by atoms with E-state index in [4.69, 9.17) is 21.5 Å². The molecule has 0 saturated heterocycles. The molecule has 0 unspecified atom stereocenters. The van der Waals surface area contributed by atoms with Crippen molar-refractivity contribution in [1.82, 2.24) is 0 Å². The molecule has 16 heavy (non-hydrogen) atoms. The minimum Gasteiger partial charge on any atom is -0.492 e. The molecule has 0 aromatic heterocycles. The van der Waals surface area contributed by atoms with Gasteiger partial charge in [0.15, 0.2) is 0 Å². The first-order valence-electron chi connectivity index (χ1n) is 4.46. The van der Waals surface area contributed by atoms with Crippen LogP contribution < -0.4 is 9.88 Å². The fourth-order valence-corrected chi connectivity index (χ4v) is 1.85. The lowest BCUT2D eigenvalue weighted by Crippen LogP contribution is -2.12. The number of hydrogen-bond acceptors (Lipinski definition) is 3. The monoisotopic (exact) mass is 267 g/mol. The second-order valence-corrected chi connectivity index (χ2v) is 5.00. The van der Waals surface area contributed by atoms with Gasteiger partial charge in [0, 0.05) is 6.42 Å². The van der Waals surface area contributed by atoms with Crippen molar-refractivity contribution in [2.45, 2.75) is 11.3 Å². The zero-order chi connectivity index (χ0) is 12.2. The van der Waals surface area contributed by atoms with Crippen LogP contribution >= 0.6 is 11.6 Å². The van der Waals surface area contributed by atoms with Crippen molar-refractivity contribution in [3.8, 4) is 5.75 Å². The van der Waals surface area contributed by atoms with Gasteiger partial charge in [-0.25, -0.2) is 13.6 Å². The Morgan fingerprint density at radius 3 is 2.62 bits per heavy atom. The van der Waals surface area contributed by atoms with Crippen LogP contribution in [-0.2, 0) is 10.0 Å². The van der Waals surface area contributed by atoms with Gasteiger partial charge in [-0.2, -0.15) is 0 Å². The summed E-state index contributed by atoms with van der Waals surface area (Å²) >= 11 is 5.78. The van der Waals surface area contributed by atoms with Crippen LogP contribution in [0, 0.1) is 0 Å². The quantitative estimate of drug-likeness (QED) is 0.826. The summed E-state index contributed by atoms with van der Waals surface area (Å²) in [4.78, 5) is -0.0876. The van der Waals surface area contributed by atoms with Gasteiger partial charge in [-0.15, -0.1) is 0 Å². The second kappa shape index (κ2) is 5.47. The predicted octanol–water partition coefficient (Wildman–Crippen LogP) is 1.73. The van der Waals surface area contributed by atoms with Crippen molar-refractivity contribution in [2.75, 3.05) is 13.3 Å². The maximum absolute atomic E-state index is 11.8. The molecule has 0 aliphatic heterocycles. The number of alkyl halides is 1. The van der Waals surface area contributed by atoms with Crippen molar-refractivity contribution >= 4 is 21.6 Å². The lowest BCUT2D eigenvalue weighted by molar-refractivity contribution is 0.289. The van der Waals surface area contributed by atoms with Gasteiger partial charge in [0.05, 0.1) is 23.2 Å². The number of nitrogens with two attached hydrogens (primary N) is 1. The van der Waals surface area contributed by atoms with Crippen molar-refractivity contribution in [1.29, 1.82) is 0 Å². The van der Waals surface area contributed by atoms with Crippen LogP contribution in [-0.4, -0.2) is 21.7 Å². The van der Waals surface area contributed by atoms with Gasteiger partial charge in [-0.3, -0.25) is 4.39 Å². The van der Waals surface area contributed by atoms with Crippen LogP contribution in [0.15, 0.2) is 23.1 Å². The van der Waals surface area contributed by atoms with E-state index in [1.54, 1.807) is 0 Å². The number of primary sulfonamides is 1. The standard InChI is InChI=1S/C9H11ClFNO3S/c10-8-6-7(16(12,13)14)2-3-9(8)15-5-1-4-11/h2-3,6H,1,4-5H2,(H2,12,13,14). The first-order valence-corrected chi connectivity index (χ1v) is 6.38. The molecular weight excluding hydrogens is 257 g/mol. The highest BCUT2D eigenvalue weighted by atomic mass is 35.5. The summed E-state index contributed by atoms with van der Waals surface area (Å²) in [6.45, 7) is -0.294. The molecule has 7 heteroatoms. The van der Waals surface area contributed by atoms with E-state index in [2.05, 4.69) is 0 Å². The van der Waals surface area contributed by atoms with Crippen LogP contribution in [0.4, 0.5) is 4.39 Å². The van der Waals surface area contributed by atoms with E-state index in [-0.39, 0.29) is 22.9 Å². The topological polar surface area (TPSA) is 69.4 Å². The van der Waals surface area contributed by atoms with Crippen LogP contribution in [0.5, 0.6) is 5.75 Å². The summed E-state index contributed by atoms with van der Waals surface area (Å²) in [6, 6.07) is 3.87. The van der Waals surface area contributed by atoms with Crippen molar-refractivity contribution in [3.63, 3.8) is 0 Å². The Hall–Kier alpha value is -0.850. The normalized spacial score (nSPS) is 11.4. The Morgan fingerprint density at radius 1 is 1.44 bits per heavy atom. The van der Waals surface area contributed by atoms with Crippen molar-refractivity contribution < 1.29 is 17.5 Å². The SMILES string of the molecule is NS(=O)(=O)c1ccc(OCCCF)c(Cl)c1. The van der Waals surface area contributed by atoms with E-state index in [1.165, 1.54) is 18.2 Å². The third-order valence-corrected chi connectivity index (χ3v) is 2.97. The van der Waals surface area contributed by atoms with E-state index in [1.807, 2.05) is 0 Å². The summed E-state index contributed by atoms with van der Waals surface area (Å²) in [5.74, 6) is 0.308. The molecule has 0 saturated carbocycles. The predicted molar refractivity (Wildman–Crippen MR) is 58.9 cm³/mol. The van der Waals surface area contributed by atoms with E-state index < -0.39 is 16.7 Å². The summed E-state index contributed by atoms with van der Waals surface area (Å²) in [5.41, 5.74) is 0. The highest BCUT2D eigenvalue weighted by molar-refractivity contribution is 7.89. The number of hydrogen-bond donors (Lipinski definition) is 1. The number of ether oxygens (including phenoxy) is 1. The summed E-state index contributed by atoms with van der Waals surface area (Å²) < 4.78 is 38.9. The molecule has 1 rings (SSSR count). The molecular formula is C9H11ClFNO3S. The van der Waals surface area contributed by atoms with Crippen molar-refractivity contribution in [2.24, 2.45) is 5.14 Å². The minimum absolute atomic E-state index is 0.0876. The summed E-state index contributed by atoms with van der Waals surface area (Å²) in [7, 11) is -3.77. The van der Waals surface area contributed by atoms with Gasteiger partial charge in [0.1, 0.15) is 5.75 Å². The molecule has 0 aliphatic rings. The molecule has 2 N–H and O–H groups in total. The fraction of sp³-hybridized carbons (Fsp3) is 0.333. The largest absolute Gasteiger partial charge is 0.492 e. The van der Waals surface area contributed by atoms with E-state index in [0.29, 0.717) is 5.75 Å². The van der Waals surface area contributed by atoms with E-state index in [0.717, 1.165) is 0 Å². The third-order valence-electron chi connectivity index (χ3n) is 1.77. The highest BCUT2D eigenvalue weighted by Gasteiger charge is 2.10. The van der Waals surface area contributed by atoms with Crippen LogP contribution in [0.25, 0.3) is 0 Å². The number of benzene rings is 1. The Morgan fingerprint density at radius 2 is 2.12 bits per heavy atom. The van der Waals surface area contributed by atoms with Gasteiger partial charge in [0.2, 0.25) is 10.0 Å². The van der Waals surface area contributed by atoms with Crippen LogP contribution in [0.1, 0.15) is 6.42 Å². The van der Waals surface area contributed by atoms with Gasteiger partial charge < -0.3 is 4.74 Å². The van der Waals surface area contributed by atoms with Gasteiger partial charge in [0.25, 0.3) is 0 Å². The van der Waals surface area contributed by atoms with Gasteiger partial charge in [-0.05, 0) is 18.2 Å². The highest BCUT2D eigenvalue weighted by Crippen LogP contribution is 2.26. The fourth-order valence-electron chi connectivity index (χ4n) is 1.01. The van der Waals surface area contributed by atoms with E-state index >= 15 is 0 Å². The molecule has 0 atom stereocenters. The Labute approximate surface area is 98.2 Å². The maximum atomic E-state index is 11.8. The first-order chi connectivity index (χ1) is 7.45. The molecule has 4 nitrogen and oxygen atoms in total. The molecule has 0 amide bonds. The van der Waals surface area contributed by atoms with Crippen LogP contribution in [0.2, 0.25) is 5.02 Å². The Balaban J connectivity index is 2.84. The molecule has 0 bridgehead atoms. The minimum atomic E-state index is -3.77. The number of sulfonamides is 1. The molecule has 0 fully saturated rings. The molecule has 0 aliphatic carbocycles. The lowest BCUT2D eigenvalue weighted by Gasteiger charge is -2.07. The Kier molecular flexibility index (Phi) is 4.52. The number of halogens is 2. The molecule has 1 aromatic carbocycles. The molecule has 0 spiro atoms. The van der Waals surface area contributed by atoms with Crippen molar-refractivity contribution in [3.05, 3.63) is 23.2 Å². The van der Waals surface area contributed by atoms with E-state index in [9.17, 15) is 12.8 Å². The number of rotatable bonds is 5. The zero-order valence-electron chi connectivity index (χ0n) is 8.32. The third kappa shape index (κ3) is 3.62. The smallest absolute Gasteiger partial charge is 0.238 e. The molecule has 0 radical (unpaired) electrons. The lowest BCUT2D eigenvalue weighted by atomic mass is 10.3. The van der Waals surface area contributed by atoms with Crippen LogP contribution in [0.3, 0.4) is 0 Å². The second-order valence-electron chi connectivity index (χ2n) is 3.03. The first kappa shape index (κ1) is 13.2. The summed E-state index contributed by atoms with van der Waals surface area (Å²) in [5, 5.41) is 5.05. The molecule has 1 aromatic rings. The van der Waals surface area contributed by atoms with Gasteiger partial charge in [-0.1, -0.05) is 11.6 Å². The summed E-state index contributed by atoms with van der Waals surface area (Å²) in [6.07, 6.45) is 0.257. The maximum Gasteiger partial charge on any atom is 0.238 e. The Bertz CT molecular complexity index is 464. The average molecular weight is 268 g/mol.